The van der Waals surface area contributed by atoms with Crippen LogP contribution in [0.5, 0.6) is 0 Å². The molecule has 0 atom stereocenters. The normalized spacial score (nSPS) is 11.2. The van der Waals surface area contributed by atoms with E-state index in [1.807, 2.05) is 30.5 Å². The Balaban J connectivity index is 2.12. The van der Waals surface area contributed by atoms with E-state index >= 15 is 0 Å². The zero-order valence-electron chi connectivity index (χ0n) is 8.80. The average molecular weight is 265 g/mol. The van der Waals surface area contributed by atoms with E-state index in [1.54, 1.807) is 4.52 Å². The van der Waals surface area contributed by atoms with E-state index in [0.717, 1.165) is 26.2 Å². The van der Waals surface area contributed by atoms with Crippen molar-refractivity contribution in [2.45, 2.75) is 6.54 Å². The number of thiophene rings is 1. The Hall–Kier alpha value is -1.43. The van der Waals surface area contributed by atoms with Gasteiger partial charge in [0.05, 0.1) is 21.1 Å². The first kappa shape index (κ1) is 10.7. The van der Waals surface area contributed by atoms with Crippen molar-refractivity contribution in [2.24, 2.45) is 5.73 Å². The molecule has 4 nitrogen and oxygen atoms in total. The van der Waals surface area contributed by atoms with Crippen LogP contribution < -0.4 is 5.73 Å². The lowest BCUT2D eigenvalue weighted by Gasteiger charge is -1.97. The Kier molecular flexibility index (Phi) is 2.58. The maximum atomic E-state index is 5.91. The van der Waals surface area contributed by atoms with Gasteiger partial charge in [0.25, 0.3) is 0 Å². The van der Waals surface area contributed by atoms with Crippen molar-refractivity contribution in [3.8, 4) is 10.6 Å². The fourth-order valence-corrected chi connectivity index (χ4v) is 2.62. The van der Waals surface area contributed by atoms with Crippen LogP contribution >= 0.6 is 22.9 Å². The standard InChI is InChI=1S/C11H9ClN4S/c12-10-3-2-9(17-10)8-1-4-11-14-7(5-13)6-16(11)15-8/h1-4,6H,5,13H2. The van der Waals surface area contributed by atoms with Crippen LogP contribution in [0.3, 0.4) is 0 Å². The van der Waals surface area contributed by atoms with E-state index in [-0.39, 0.29) is 0 Å². The number of halogens is 1. The Labute approximate surface area is 107 Å². The fraction of sp³-hybridized carbons (Fsp3) is 0.0909. The Bertz CT molecular complexity index is 673. The minimum atomic E-state index is 0.420. The van der Waals surface area contributed by atoms with Crippen LogP contribution in [0.4, 0.5) is 0 Å². The highest BCUT2D eigenvalue weighted by Gasteiger charge is 2.06. The molecule has 17 heavy (non-hydrogen) atoms. The van der Waals surface area contributed by atoms with Gasteiger partial charge in [-0.2, -0.15) is 5.10 Å². The third-order valence-corrected chi connectivity index (χ3v) is 3.66. The number of hydrogen-bond donors (Lipinski definition) is 1. The number of fused-ring (bicyclic) bond motifs is 1. The molecule has 3 aromatic heterocycles. The second-order valence-electron chi connectivity index (χ2n) is 3.56. The van der Waals surface area contributed by atoms with Crippen LogP contribution in [0, 0.1) is 0 Å². The second kappa shape index (κ2) is 4.10. The van der Waals surface area contributed by atoms with Gasteiger partial charge in [0, 0.05) is 6.54 Å². The smallest absolute Gasteiger partial charge is 0.153 e. The molecule has 0 aliphatic carbocycles. The number of aromatic nitrogens is 3. The summed E-state index contributed by atoms with van der Waals surface area (Å²) in [6, 6.07) is 7.69. The predicted molar refractivity (Wildman–Crippen MR) is 69.2 cm³/mol. The molecule has 3 rings (SSSR count). The van der Waals surface area contributed by atoms with Crippen LogP contribution in [0.15, 0.2) is 30.5 Å². The summed E-state index contributed by atoms with van der Waals surface area (Å²) in [6.07, 6.45) is 1.84. The molecule has 86 valence electrons. The van der Waals surface area contributed by atoms with E-state index < -0.39 is 0 Å². The molecule has 0 aliphatic rings. The van der Waals surface area contributed by atoms with Crippen LogP contribution in [0.1, 0.15) is 5.69 Å². The number of nitrogens with two attached hydrogens (primary N) is 1. The number of rotatable bonds is 2. The summed E-state index contributed by atoms with van der Waals surface area (Å²) in [5.41, 5.74) is 8.07. The molecular weight excluding hydrogens is 256 g/mol. The van der Waals surface area contributed by atoms with E-state index in [9.17, 15) is 0 Å². The van der Waals surface area contributed by atoms with Crippen molar-refractivity contribution in [3.63, 3.8) is 0 Å². The van der Waals surface area contributed by atoms with Crippen LogP contribution in [-0.2, 0) is 6.54 Å². The van der Waals surface area contributed by atoms with Crippen molar-refractivity contribution >= 4 is 28.6 Å². The summed E-state index contributed by atoms with van der Waals surface area (Å²) in [5, 5.41) is 4.48. The van der Waals surface area contributed by atoms with Gasteiger partial charge in [-0.15, -0.1) is 11.3 Å². The molecule has 0 amide bonds. The van der Waals surface area contributed by atoms with Crippen molar-refractivity contribution in [1.82, 2.24) is 14.6 Å². The molecular formula is C11H9ClN4S. The first-order valence-corrected chi connectivity index (χ1v) is 6.27. The monoisotopic (exact) mass is 264 g/mol. The molecule has 0 unspecified atom stereocenters. The van der Waals surface area contributed by atoms with E-state index in [2.05, 4.69) is 10.1 Å². The zero-order chi connectivity index (χ0) is 11.8. The highest BCUT2D eigenvalue weighted by atomic mass is 35.5. The van der Waals surface area contributed by atoms with Crippen LogP contribution in [0.25, 0.3) is 16.2 Å². The molecule has 3 heterocycles. The molecule has 0 radical (unpaired) electrons. The lowest BCUT2D eigenvalue weighted by Crippen LogP contribution is -1.95. The summed E-state index contributed by atoms with van der Waals surface area (Å²) < 4.78 is 2.50. The summed E-state index contributed by atoms with van der Waals surface area (Å²) in [5.74, 6) is 0. The van der Waals surface area contributed by atoms with Crippen LogP contribution in [0.2, 0.25) is 4.34 Å². The topological polar surface area (TPSA) is 56.2 Å². The Morgan fingerprint density at radius 3 is 2.88 bits per heavy atom. The minimum Gasteiger partial charge on any atom is -0.325 e. The second-order valence-corrected chi connectivity index (χ2v) is 5.28. The molecule has 0 saturated heterocycles. The van der Waals surface area contributed by atoms with Gasteiger partial charge in [0.15, 0.2) is 5.65 Å². The molecule has 3 aromatic rings. The van der Waals surface area contributed by atoms with Gasteiger partial charge in [0.2, 0.25) is 0 Å². The third kappa shape index (κ3) is 1.93. The largest absolute Gasteiger partial charge is 0.325 e. The molecule has 0 fully saturated rings. The van der Waals surface area contributed by atoms with Gasteiger partial charge in [-0.25, -0.2) is 9.50 Å². The first-order valence-electron chi connectivity index (χ1n) is 5.07. The maximum absolute atomic E-state index is 5.91. The Morgan fingerprint density at radius 1 is 1.29 bits per heavy atom. The lowest BCUT2D eigenvalue weighted by molar-refractivity contribution is 0.936. The highest BCUT2D eigenvalue weighted by molar-refractivity contribution is 7.19. The van der Waals surface area contributed by atoms with Crippen molar-refractivity contribution < 1.29 is 0 Å². The number of imidazole rings is 1. The van der Waals surface area contributed by atoms with Gasteiger partial charge in [-0.05, 0) is 24.3 Å². The quantitative estimate of drug-likeness (QED) is 0.774. The summed E-state index contributed by atoms with van der Waals surface area (Å²) >= 11 is 7.42. The average Bonchev–Trinajstić information content (AvgIpc) is 2.93. The van der Waals surface area contributed by atoms with Crippen molar-refractivity contribution in [2.75, 3.05) is 0 Å². The van der Waals surface area contributed by atoms with Gasteiger partial charge >= 0.3 is 0 Å². The van der Waals surface area contributed by atoms with Gasteiger partial charge in [-0.3, -0.25) is 0 Å². The van der Waals surface area contributed by atoms with Crippen molar-refractivity contribution in [3.05, 3.63) is 40.5 Å². The molecule has 0 saturated carbocycles. The number of hydrogen-bond acceptors (Lipinski definition) is 4. The Morgan fingerprint density at radius 2 is 2.18 bits per heavy atom. The summed E-state index contributed by atoms with van der Waals surface area (Å²) in [7, 11) is 0. The summed E-state index contributed by atoms with van der Waals surface area (Å²) in [6.45, 7) is 0.420. The molecule has 0 aromatic carbocycles. The van der Waals surface area contributed by atoms with E-state index in [1.165, 1.54) is 11.3 Å². The molecule has 0 aliphatic heterocycles. The highest BCUT2D eigenvalue weighted by Crippen LogP contribution is 2.29. The van der Waals surface area contributed by atoms with Gasteiger partial charge in [0.1, 0.15) is 5.69 Å². The van der Waals surface area contributed by atoms with Gasteiger partial charge < -0.3 is 5.73 Å². The maximum Gasteiger partial charge on any atom is 0.153 e. The number of nitrogens with zero attached hydrogens (tertiary/aromatic N) is 3. The molecule has 0 bridgehead atoms. The molecule has 0 spiro atoms. The van der Waals surface area contributed by atoms with E-state index in [4.69, 9.17) is 17.3 Å². The SMILES string of the molecule is NCc1cn2nc(-c3ccc(Cl)s3)ccc2n1. The minimum absolute atomic E-state index is 0.420. The molecule has 2 N–H and O–H groups in total. The van der Waals surface area contributed by atoms with Crippen LogP contribution in [-0.4, -0.2) is 14.6 Å². The van der Waals surface area contributed by atoms with Crippen molar-refractivity contribution in [1.29, 1.82) is 0 Å². The van der Waals surface area contributed by atoms with Gasteiger partial charge in [-0.1, -0.05) is 11.6 Å². The first-order chi connectivity index (χ1) is 8.26. The zero-order valence-corrected chi connectivity index (χ0v) is 10.4. The predicted octanol–water partition coefficient (Wildman–Crippen LogP) is 2.57. The molecule has 6 heteroatoms. The summed E-state index contributed by atoms with van der Waals surface area (Å²) in [4.78, 5) is 5.37. The third-order valence-electron chi connectivity index (χ3n) is 2.40. The fourth-order valence-electron chi connectivity index (χ4n) is 1.61. The lowest BCUT2D eigenvalue weighted by atomic mass is 10.3. The van der Waals surface area contributed by atoms with E-state index in [0.29, 0.717) is 6.54 Å².